The zero-order valence-electron chi connectivity index (χ0n) is 26.4. The molecular weight excluding hydrogens is 606 g/mol. The third-order valence-corrected chi connectivity index (χ3v) is 9.32. The van der Waals surface area contributed by atoms with E-state index in [1.165, 1.54) is 0 Å². The van der Waals surface area contributed by atoms with Gasteiger partial charge in [-0.3, -0.25) is 14.5 Å². The molecule has 0 spiro atoms. The van der Waals surface area contributed by atoms with Gasteiger partial charge in [-0.25, -0.2) is 4.98 Å². The van der Waals surface area contributed by atoms with Crippen LogP contribution >= 0.6 is 0 Å². The fourth-order valence-electron chi connectivity index (χ4n) is 6.95. The first-order chi connectivity index (χ1) is 24.2. The molecule has 0 bridgehead atoms. The molecule has 0 radical (unpaired) electrons. The van der Waals surface area contributed by atoms with Crippen molar-refractivity contribution >= 4 is 66.5 Å². The second kappa shape index (κ2) is 10.7. The SMILES string of the molecule is Cc1ccccc1-n1c(Nc2cc(-c3ccc4oc5cnccc5c4c3)cc(-c3ccc4oc5cnccc5c4c3)c2)nc2ccccc21. The average Bonchev–Trinajstić information content (AvgIpc) is 3.82. The van der Waals surface area contributed by atoms with E-state index in [0.29, 0.717) is 0 Å². The van der Waals surface area contributed by atoms with Gasteiger partial charge in [0.25, 0.3) is 0 Å². The number of pyridine rings is 2. The zero-order valence-corrected chi connectivity index (χ0v) is 26.4. The quantitative estimate of drug-likeness (QED) is 0.203. The predicted octanol–water partition coefficient (Wildman–Crippen LogP) is 11.0. The van der Waals surface area contributed by atoms with Crippen molar-refractivity contribution in [2.75, 3.05) is 5.32 Å². The van der Waals surface area contributed by atoms with Crippen LogP contribution in [0.1, 0.15) is 5.56 Å². The maximum absolute atomic E-state index is 6.10. The molecule has 232 valence electrons. The highest BCUT2D eigenvalue weighted by Crippen LogP contribution is 2.38. The number of hydrogen-bond acceptors (Lipinski definition) is 6. The van der Waals surface area contributed by atoms with Crippen molar-refractivity contribution in [1.82, 2.24) is 19.5 Å². The summed E-state index contributed by atoms with van der Waals surface area (Å²) < 4.78 is 14.4. The molecule has 10 rings (SSSR count). The van der Waals surface area contributed by atoms with Crippen molar-refractivity contribution in [1.29, 1.82) is 0 Å². The van der Waals surface area contributed by atoms with Crippen LogP contribution < -0.4 is 5.32 Å². The minimum Gasteiger partial charge on any atom is -0.454 e. The summed E-state index contributed by atoms with van der Waals surface area (Å²) in [6.07, 6.45) is 7.14. The third kappa shape index (κ3) is 4.47. The van der Waals surface area contributed by atoms with E-state index in [1.807, 2.05) is 30.3 Å². The van der Waals surface area contributed by atoms with Gasteiger partial charge in [-0.15, -0.1) is 0 Å². The van der Waals surface area contributed by atoms with Gasteiger partial charge in [0.05, 0.1) is 29.1 Å². The smallest absolute Gasteiger partial charge is 0.213 e. The monoisotopic (exact) mass is 633 g/mol. The molecule has 0 fully saturated rings. The first-order valence-electron chi connectivity index (χ1n) is 16.2. The van der Waals surface area contributed by atoms with E-state index in [4.69, 9.17) is 13.8 Å². The molecule has 1 N–H and O–H groups in total. The van der Waals surface area contributed by atoms with Crippen LogP contribution in [0.3, 0.4) is 0 Å². The van der Waals surface area contributed by atoms with Gasteiger partial charge < -0.3 is 14.2 Å². The summed E-state index contributed by atoms with van der Waals surface area (Å²) >= 11 is 0. The van der Waals surface area contributed by atoms with Crippen LogP contribution in [-0.4, -0.2) is 19.5 Å². The Kier molecular flexibility index (Phi) is 5.95. The third-order valence-electron chi connectivity index (χ3n) is 9.32. The van der Waals surface area contributed by atoms with Crippen molar-refractivity contribution in [3.05, 3.63) is 146 Å². The van der Waals surface area contributed by atoms with E-state index in [0.717, 1.165) is 100 Å². The number of rotatable bonds is 5. The Hall–Kier alpha value is -6.73. The van der Waals surface area contributed by atoms with Gasteiger partial charge >= 0.3 is 0 Å². The Morgan fingerprint density at radius 3 is 1.82 bits per heavy atom. The standard InChI is InChI=1S/C42H27N5O2/c1-25-6-2-4-8-36(25)47-37-9-5-3-7-35(37)46-42(47)45-30-19-28(26-10-12-38-33(21-26)31-14-16-43-23-40(31)48-38)18-29(20-30)27-11-13-39-34(22-27)32-15-17-44-24-41(32)49-39/h2-24H,1H3,(H,45,46). The van der Waals surface area contributed by atoms with Gasteiger partial charge in [-0.1, -0.05) is 42.5 Å². The largest absolute Gasteiger partial charge is 0.454 e. The Morgan fingerprint density at radius 2 is 1.16 bits per heavy atom. The normalized spacial score (nSPS) is 11.8. The molecule has 10 aromatic rings. The summed E-state index contributed by atoms with van der Waals surface area (Å²) in [6, 6.07) is 40.0. The Morgan fingerprint density at radius 1 is 0.551 bits per heavy atom. The van der Waals surface area contributed by atoms with Crippen molar-refractivity contribution in [2.45, 2.75) is 6.92 Å². The van der Waals surface area contributed by atoms with Crippen molar-refractivity contribution in [3.8, 4) is 27.9 Å². The molecule has 0 aliphatic heterocycles. The van der Waals surface area contributed by atoms with E-state index < -0.39 is 0 Å². The molecule has 5 heterocycles. The second-order valence-electron chi connectivity index (χ2n) is 12.3. The molecule has 0 aliphatic rings. The second-order valence-corrected chi connectivity index (χ2v) is 12.3. The van der Waals surface area contributed by atoms with Gasteiger partial charge in [-0.05, 0) is 108 Å². The summed E-state index contributed by atoms with van der Waals surface area (Å²) in [5.41, 5.74) is 12.6. The van der Waals surface area contributed by atoms with Crippen LogP contribution in [0.4, 0.5) is 11.6 Å². The average molecular weight is 634 g/mol. The van der Waals surface area contributed by atoms with Crippen LogP contribution in [0.2, 0.25) is 0 Å². The van der Waals surface area contributed by atoms with E-state index in [9.17, 15) is 0 Å². The van der Waals surface area contributed by atoms with Crippen LogP contribution in [0.15, 0.2) is 149 Å². The Bertz CT molecular complexity index is 2760. The summed E-state index contributed by atoms with van der Waals surface area (Å²) in [4.78, 5) is 13.6. The van der Waals surface area contributed by atoms with Crippen LogP contribution in [-0.2, 0) is 0 Å². The Labute approximate surface area is 280 Å². The highest BCUT2D eigenvalue weighted by Gasteiger charge is 2.17. The molecule has 0 saturated heterocycles. The molecule has 7 nitrogen and oxygen atoms in total. The van der Waals surface area contributed by atoms with Gasteiger partial charge in [0, 0.05) is 39.6 Å². The number of anilines is 2. The number of fused-ring (bicyclic) bond motifs is 7. The number of para-hydroxylation sites is 3. The number of hydrogen-bond donors (Lipinski definition) is 1. The minimum atomic E-state index is 0.742. The lowest BCUT2D eigenvalue weighted by Gasteiger charge is -2.15. The molecule has 0 atom stereocenters. The molecule has 5 aromatic heterocycles. The van der Waals surface area contributed by atoms with Crippen LogP contribution in [0.25, 0.3) is 82.9 Å². The summed E-state index contributed by atoms with van der Waals surface area (Å²) in [7, 11) is 0. The fourth-order valence-corrected chi connectivity index (χ4v) is 6.95. The highest BCUT2D eigenvalue weighted by molar-refractivity contribution is 6.07. The lowest BCUT2D eigenvalue weighted by Crippen LogP contribution is -2.03. The number of furan rings is 2. The molecule has 49 heavy (non-hydrogen) atoms. The van der Waals surface area contributed by atoms with Crippen LogP contribution in [0, 0.1) is 6.92 Å². The molecular formula is C42H27N5O2. The van der Waals surface area contributed by atoms with Crippen molar-refractivity contribution < 1.29 is 8.83 Å². The lowest BCUT2D eigenvalue weighted by molar-refractivity contribution is 0.666. The molecule has 0 amide bonds. The maximum Gasteiger partial charge on any atom is 0.213 e. The number of nitrogens with zero attached hydrogens (tertiary/aromatic N) is 4. The van der Waals surface area contributed by atoms with E-state index in [2.05, 4.69) is 112 Å². The lowest BCUT2D eigenvalue weighted by atomic mass is 9.96. The summed E-state index contributed by atoms with van der Waals surface area (Å²) in [6.45, 7) is 2.13. The van der Waals surface area contributed by atoms with Gasteiger partial charge in [0.1, 0.15) is 11.2 Å². The number of benzene rings is 5. The number of imidazole rings is 1. The molecule has 7 heteroatoms. The van der Waals surface area contributed by atoms with E-state index in [1.54, 1.807) is 24.8 Å². The highest BCUT2D eigenvalue weighted by atomic mass is 16.3. The van der Waals surface area contributed by atoms with Crippen LogP contribution in [0.5, 0.6) is 0 Å². The topological polar surface area (TPSA) is 81.9 Å². The molecule has 0 aliphatic carbocycles. The first kappa shape index (κ1) is 27.4. The van der Waals surface area contributed by atoms with Gasteiger partial charge in [-0.2, -0.15) is 0 Å². The first-order valence-corrected chi connectivity index (χ1v) is 16.2. The number of nitrogens with one attached hydrogen (secondary N) is 1. The van der Waals surface area contributed by atoms with Gasteiger partial charge in [0.2, 0.25) is 5.95 Å². The Balaban J connectivity index is 1.18. The molecule has 5 aromatic carbocycles. The van der Waals surface area contributed by atoms with Gasteiger partial charge in [0.15, 0.2) is 11.2 Å². The van der Waals surface area contributed by atoms with E-state index in [-0.39, 0.29) is 0 Å². The summed E-state index contributed by atoms with van der Waals surface area (Å²) in [5.74, 6) is 0.742. The maximum atomic E-state index is 6.10. The zero-order chi connectivity index (χ0) is 32.5. The number of aryl methyl sites for hydroxylation is 1. The van der Waals surface area contributed by atoms with Crippen molar-refractivity contribution in [2.24, 2.45) is 0 Å². The summed E-state index contributed by atoms with van der Waals surface area (Å²) in [5, 5.41) is 7.92. The number of aromatic nitrogens is 4. The fraction of sp³-hybridized carbons (Fsp3) is 0.0238. The molecule has 0 saturated carbocycles. The minimum absolute atomic E-state index is 0.742. The molecule has 0 unspecified atom stereocenters. The van der Waals surface area contributed by atoms with Crippen molar-refractivity contribution in [3.63, 3.8) is 0 Å². The van der Waals surface area contributed by atoms with E-state index >= 15 is 0 Å². The predicted molar refractivity (Wildman–Crippen MR) is 197 cm³/mol.